The molecule has 0 saturated carbocycles. The number of rotatable bonds is 3. The van der Waals surface area contributed by atoms with Crippen molar-refractivity contribution in [2.24, 2.45) is 0 Å². The summed E-state index contributed by atoms with van der Waals surface area (Å²) >= 11 is 5.90. The van der Waals surface area contributed by atoms with E-state index in [9.17, 15) is 9.59 Å². The average Bonchev–Trinajstić information content (AvgIpc) is 2.26. The third kappa shape index (κ3) is 4.45. The number of halogens is 1. The quantitative estimate of drug-likeness (QED) is 0.780. The zero-order valence-electron chi connectivity index (χ0n) is 12.0. The van der Waals surface area contributed by atoms with Gasteiger partial charge in [0.1, 0.15) is 5.60 Å². The van der Waals surface area contributed by atoms with E-state index in [0.717, 1.165) is 0 Å². The summed E-state index contributed by atoms with van der Waals surface area (Å²) in [5.41, 5.74) is -2.25. The minimum Gasteiger partial charge on any atom is -0.463 e. The van der Waals surface area contributed by atoms with Gasteiger partial charge in [0.2, 0.25) is 5.66 Å². The third-order valence-corrected chi connectivity index (χ3v) is 2.44. The van der Waals surface area contributed by atoms with Gasteiger partial charge in [0.25, 0.3) is 0 Å². The topological polar surface area (TPSA) is 76.7 Å². The smallest absolute Gasteiger partial charge is 0.410 e. The molecule has 0 aliphatic carbocycles. The molecule has 0 aromatic heterocycles. The first-order chi connectivity index (χ1) is 9.18. The molecule has 1 heterocycles. The molecule has 0 aromatic rings. The molecule has 20 heavy (non-hydrogen) atoms. The number of amides is 1. The Morgan fingerprint density at radius 1 is 1.45 bits per heavy atom. The molecule has 7 heteroatoms. The van der Waals surface area contributed by atoms with Gasteiger partial charge in [-0.15, -0.1) is 0 Å². The van der Waals surface area contributed by atoms with Crippen molar-refractivity contribution in [1.29, 1.82) is 0 Å². The molecule has 0 saturated heterocycles. The molecule has 1 amide bonds. The summed E-state index contributed by atoms with van der Waals surface area (Å²) in [7, 11) is 0. The Morgan fingerprint density at radius 3 is 2.60 bits per heavy atom. The fraction of sp³-hybridized carbons (Fsp3) is 0.538. The average molecular weight is 303 g/mol. The number of carbonyl (C=O) groups excluding carboxylic acids is 2. The van der Waals surface area contributed by atoms with Crippen LogP contribution in [-0.2, 0) is 14.3 Å². The number of nitrogens with one attached hydrogen (secondary N) is 2. The number of allylic oxidation sites excluding steroid dienone is 2. The molecule has 0 fully saturated rings. The van der Waals surface area contributed by atoms with Gasteiger partial charge in [0.05, 0.1) is 6.61 Å². The Bertz CT molecular complexity index is 454. The predicted molar refractivity (Wildman–Crippen MR) is 74.9 cm³/mol. The largest absolute Gasteiger partial charge is 0.463 e. The maximum atomic E-state index is 12.1. The highest BCUT2D eigenvalue weighted by Gasteiger charge is 2.41. The third-order valence-electron chi connectivity index (χ3n) is 2.20. The van der Waals surface area contributed by atoms with Gasteiger partial charge in [-0.2, -0.15) is 0 Å². The van der Waals surface area contributed by atoms with Crippen molar-refractivity contribution in [3.63, 3.8) is 0 Å². The van der Waals surface area contributed by atoms with Crippen molar-refractivity contribution in [3.8, 4) is 0 Å². The fourth-order valence-electron chi connectivity index (χ4n) is 1.50. The number of hydrogen-bond donors (Lipinski definition) is 2. The van der Waals surface area contributed by atoms with Gasteiger partial charge in [-0.1, -0.05) is 11.6 Å². The Hall–Kier alpha value is -1.69. The maximum absolute atomic E-state index is 12.1. The second kappa shape index (κ2) is 6.17. The normalized spacial score (nSPS) is 21.6. The van der Waals surface area contributed by atoms with Crippen molar-refractivity contribution in [2.45, 2.75) is 39.0 Å². The van der Waals surface area contributed by atoms with Crippen LogP contribution in [0.3, 0.4) is 0 Å². The van der Waals surface area contributed by atoms with E-state index in [4.69, 9.17) is 21.1 Å². The molecule has 1 unspecified atom stereocenters. The molecule has 0 spiro atoms. The summed E-state index contributed by atoms with van der Waals surface area (Å²) in [5, 5.41) is 5.48. The molecule has 6 nitrogen and oxygen atoms in total. The van der Waals surface area contributed by atoms with Crippen molar-refractivity contribution in [1.82, 2.24) is 10.6 Å². The van der Waals surface area contributed by atoms with Crippen LogP contribution in [0, 0.1) is 0 Å². The van der Waals surface area contributed by atoms with E-state index >= 15 is 0 Å². The first kappa shape index (κ1) is 16.4. The molecular weight excluding hydrogens is 284 g/mol. The second-order valence-electron chi connectivity index (χ2n) is 5.16. The molecule has 0 bridgehead atoms. The molecule has 112 valence electrons. The molecule has 0 aromatic carbocycles. The van der Waals surface area contributed by atoms with Gasteiger partial charge in [0.15, 0.2) is 0 Å². The van der Waals surface area contributed by atoms with Gasteiger partial charge >= 0.3 is 12.1 Å². The van der Waals surface area contributed by atoms with Gasteiger partial charge in [-0.25, -0.2) is 9.59 Å². The number of esters is 1. The van der Waals surface area contributed by atoms with E-state index in [0.29, 0.717) is 5.03 Å². The van der Waals surface area contributed by atoms with Gasteiger partial charge in [-0.05, 0) is 39.8 Å². The number of carbonyl (C=O) groups is 2. The first-order valence-electron chi connectivity index (χ1n) is 6.19. The van der Waals surface area contributed by atoms with Crippen molar-refractivity contribution in [2.75, 3.05) is 6.61 Å². The van der Waals surface area contributed by atoms with Crippen LogP contribution in [-0.4, -0.2) is 29.9 Å². The lowest BCUT2D eigenvalue weighted by atomic mass is 10.1. The van der Waals surface area contributed by atoms with Crippen LogP contribution < -0.4 is 10.6 Å². The molecule has 0 radical (unpaired) electrons. The van der Waals surface area contributed by atoms with E-state index in [1.165, 1.54) is 12.3 Å². The number of hydrogen-bond acceptors (Lipinski definition) is 5. The Balaban J connectivity index is 2.93. The summed E-state index contributed by atoms with van der Waals surface area (Å²) in [6.45, 7) is 7.01. The van der Waals surface area contributed by atoms with E-state index in [2.05, 4.69) is 10.6 Å². The molecule has 1 atom stereocenters. The van der Waals surface area contributed by atoms with E-state index in [1.54, 1.807) is 33.8 Å². The SMILES string of the molecule is CCOC(=O)C1(NC(=O)OC(C)(C)C)C=C(Cl)C=CN1. The van der Waals surface area contributed by atoms with Gasteiger partial charge in [-0.3, -0.25) is 5.32 Å². The van der Waals surface area contributed by atoms with Gasteiger partial charge in [0, 0.05) is 11.2 Å². The summed E-state index contributed by atoms with van der Waals surface area (Å²) < 4.78 is 10.1. The zero-order valence-corrected chi connectivity index (χ0v) is 12.7. The Kier molecular flexibility index (Phi) is 5.05. The van der Waals surface area contributed by atoms with Crippen LogP contribution in [0.15, 0.2) is 23.4 Å². The molecule has 1 aliphatic heterocycles. The van der Waals surface area contributed by atoms with E-state index in [-0.39, 0.29) is 6.61 Å². The lowest BCUT2D eigenvalue weighted by molar-refractivity contribution is -0.150. The van der Waals surface area contributed by atoms with Crippen LogP contribution in [0.5, 0.6) is 0 Å². The highest BCUT2D eigenvalue weighted by atomic mass is 35.5. The highest BCUT2D eigenvalue weighted by Crippen LogP contribution is 2.18. The van der Waals surface area contributed by atoms with E-state index < -0.39 is 23.3 Å². The number of alkyl carbamates (subject to hydrolysis) is 1. The van der Waals surface area contributed by atoms with Gasteiger partial charge < -0.3 is 14.8 Å². The fourth-order valence-corrected chi connectivity index (χ4v) is 1.73. The van der Waals surface area contributed by atoms with Crippen molar-refractivity contribution < 1.29 is 19.1 Å². The lowest BCUT2D eigenvalue weighted by Crippen LogP contribution is -2.63. The number of ether oxygens (including phenoxy) is 2. The Labute approximate surface area is 123 Å². The van der Waals surface area contributed by atoms with Crippen LogP contribution >= 0.6 is 11.6 Å². The summed E-state index contributed by atoms with van der Waals surface area (Å²) in [4.78, 5) is 23.9. The second-order valence-corrected chi connectivity index (χ2v) is 5.60. The number of dihydropyridines is 1. The zero-order chi connectivity index (χ0) is 15.4. The maximum Gasteiger partial charge on any atom is 0.410 e. The first-order valence-corrected chi connectivity index (χ1v) is 6.57. The minimum atomic E-state index is -1.57. The molecule has 1 rings (SSSR count). The van der Waals surface area contributed by atoms with Crippen LogP contribution in [0.4, 0.5) is 4.79 Å². The minimum absolute atomic E-state index is 0.174. The molecular formula is C13H19ClN2O4. The summed E-state index contributed by atoms with van der Waals surface area (Å²) in [6.07, 6.45) is 3.61. The van der Waals surface area contributed by atoms with Crippen LogP contribution in [0.1, 0.15) is 27.7 Å². The summed E-state index contributed by atoms with van der Waals surface area (Å²) in [5.74, 6) is -0.673. The summed E-state index contributed by atoms with van der Waals surface area (Å²) in [6, 6.07) is 0. The van der Waals surface area contributed by atoms with Crippen molar-refractivity contribution in [3.05, 3.63) is 23.4 Å². The predicted octanol–water partition coefficient (Wildman–Crippen LogP) is 2.01. The van der Waals surface area contributed by atoms with Crippen LogP contribution in [0.2, 0.25) is 0 Å². The van der Waals surface area contributed by atoms with Crippen molar-refractivity contribution >= 4 is 23.7 Å². The monoisotopic (exact) mass is 302 g/mol. The lowest BCUT2D eigenvalue weighted by Gasteiger charge is -2.32. The Morgan fingerprint density at radius 2 is 2.10 bits per heavy atom. The standard InChI is InChI=1S/C13H19ClN2O4/c1-5-19-10(17)13(8-9(14)6-7-15-13)16-11(18)20-12(2,3)4/h6-8,15H,5H2,1-4H3,(H,16,18). The van der Waals surface area contributed by atoms with Crippen LogP contribution in [0.25, 0.3) is 0 Å². The molecule has 1 aliphatic rings. The highest BCUT2D eigenvalue weighted by molar-refractivity contribution is 6.31. The van der Waals surface area contributed by atoms with E-state index in [1.807, 2.05) is 0 Å². The molecule has 2 N–H and O–H groups in total.